The van der Waals surface area contributed by atoms with E-state index in [1.54, 1.807) is 0 Å². The summed E-state index contributed by atoms with van der Waals surface area (Å²) in [4.78, 5) is 11.8. The molecule has 0 aliphatic heterocycles. The van der Waals surface area contributed by atoms with Gasteiger partial charge in [0.05, 0.1) is 0 Å². The molecule has 6 heteroatoms. The van der Waals surface area contributed by atoms with Crippen molar-refractivity contribution in [1.29, 1.82) is 0 Å². The summed E-state index contributed by atoms with van der Waals surface area (Å²) >= 11 is 0. The Morgan fingerprint density at radius 2 is 1.62 bits per heavy atom. The Morgan fingerprint density at radius 1 is 1.00 bits per heavy atom. The highest BCUT2D eigenvalue weighted by Gasteiger charge is 2.31. The third-order valence-electron chi connectivity index (χ3n) is 2.65. The maximum Gasteiger partial charge on any atom is 0.573 e. The molecular weight excluding hydrogens is 283 g/mol. The van der Waals surface area contributed by atoms with E-state index in [1.165, 1.54) is 12.1 Å². The maximum atomic E-state index is 12.0. The Hall–Kier alpha value is -2.50. The van der Waals surface area contributed by atoms with Crippen LogP contribution in [0.4, 0.5) is 13.2 Å². The number of hydrogen-bond donors (Lipinski definition) is 1. The van der Waals surface area contributed by atoms with Crippen molar-refractivity contribution in [1.82, 2.24) is 5.32 Å². The first-order valence-corrected chi connectivity index (χ1v) is 6.12. The second kappa shape index (κ2) is 6.30. The molecule has 0 saturated carbocycles. The fourth-order valence-electron chi connectivity index (χ4n) is 1.69. The topological polar surface area (TPSA) is 38.3 Å². The number of carbonyl (C=O) groups is 1. The van der Waals surface area contributed by atoms with Crippen molar-refractivity contribution in [2.24, 2.45) is 0 Å². The van der Waals surface area contributed by atoms with Crippen molar-refractivity contribution in [2.75, 3.05) is 0 Å². The number of hydrogen-bond acceptors (Lipinski definition) is 2. The summed E-state index contributed by atoms with van der Waals surface area (Å²) in [5, 5.41) is 2.68. The van der Waals surface area contributed by atoms with Crippen LogP contribution in [0.2, 0.25) is 0 Å². The zero-order chi connectivity index (χ0) is 15.3. The van der Waals surface area contributed by atoms with Gasteiger partial charge in [0.1, 0.15) is 5.75 Å². The van der Waals surface area contributed by atoms with Gasteiger partial charge >= 0.3 is 6.36 Å². The molecule has 0 atom stereocenters. The summed E-state index contributed by atoms with van der Waals surface area (Å²) in [5.41, 5.74) is 1.20. The number of carbonyl (C=O) groups excluding carboxylic acids is 1. The Morgan fingerprint density at radius 3 is 2.19 bits per heavy atom. The number of benzene rings is 2. The second-order valence-corrected chi connectivity index (χ2v) is 4.24. The first-order chi connectivity index (χ1) is 9.94. The van der Waals surface area contributed by atoms with Gasteiger partial charge < -0.3 is 10.1 Å². The lowest BCUT2D eigenvalue weighted by molar-refractivity contribution is -0.274. The fourth-order valence-corrected chi connectivity index (χ4v) is 1.69. The van der Waals surface area contributed by atoms with E-state index in [0.29, 0.717) is 6.54 Å². The van der Waals surface area contributed by atoms with E-state index in [0.717, 1.165) is 17.7 Å². The average molecular weight is 295 g/mol. The summed E-state index contributed by atoms with van der Waals surface area (Å²) in [7, 11) is 0. The van der Waals surface area contributed by atoms with Crippen LogP contribution in [-0.2, 0) is 6.54 Å². The molecule has 2 aromatic rings. The first kappa shape index (κ1) is 14.9. The Labute approximate surface area is 119 Å². The van der Waals surface area contributed by atoms with Gasteiger partial charge in [0, 0.05) is 12.1 Å². The molecule has 0 aliphatic carbocycles. The van der Waals surface area contributed by atoms with Crippen LogP contribution in [0.5, 0.6) is 5.75 Å². The van der Waals surface area contributed by atoms with Crippen molar-refractivity contribution >= 4 is 5.91 Å². The highest BCUT2D eigenvalue weighted by atomic mass is 19.4. The van der Waals surface area contributed by atoms with Crippen molar-refractivity contribution in [3.05, 3.63) is 65.7 Å². The third kappa shape index (κ3) is 4.83. The lowest BCUT2D eigenvalue weighted by atomic mass is 10.2. The fraction of sp³-hybridized carbons (Fsp3) is 0.133. The molecule has 3 nitrogen and oxygen atoms in total. The van der Waals surface area contributed by atoms with Gasteiger partial charge in [0.2, 0.25) is 0 Å². The summed E-state index contributed by atoms with van der Waals surface area (Å²) in [6.45, 7) is 0.348. The van der Waals surface area contributed by atoms with Crippen molar-refractivity contribution < 1.29 is 22.7 Å². The highest BCUT2D eigenvalue weighted by Crippen LogP contribution is 2.22. The summed E-state index contributed by atoms with van der Waals surface area (Å²) in [6, 6.07) is 14.1. The van der Waals surface area contributed by atoms with Crippen LogP contribution in [0.15, 0.2) is 54.6 Å². The normalized spacial score (nSPS) is 11.0. The van der Waals surface area contributed by atoms with Crippen LogP contribution in [0.3, 0.4) is 0 Å². The minimum absolute atomic E-state index is 0.264. The quantitative estimate of drug-likeness (QED) is 0.937. The van der Waals surface area contributed by atoms with Crippen LogP contribution in [-0.4, -0.2) is 12.3 Å². The second-order valence-electron chi connectivity index (χ2n) is 4.24. The molecule has 0 bridgehead atoms. The molecular formula is C15H12F3NO2. The zero-order valence-electron chi connectivity index (χ0n) is 10.9. The molecule has 1 N–H and O–H groups in total. The Bertz CT molecular complexity index is 595. The number of nitrogens with one attached hydrogen (secondary N) is 1. The minimum Gasteiger partial charge on any atom is -0.406 e. The summed E-state index contributed by atoms with van der Waals surface area (Å²) in [6.07, 6.45) is -4.74. The molecule has 1 amide bonds. The van der Waals surface area contributed by atoms with E-state index in [9.17, 15) is 18.0 Å². The van der Waals surface area contributed by atoms with Gasteiger partial charge in [-0.1, -0.05) is 30.3 Å². The van der Waals surface area contributed by atoms with Crippen LogP contribution >= 0.6 is 0 Å². The first-order valence-electron chi connectivity index (χ1n) is 6.12. The molecule has 0 spiro atoms. The van der Waals surface area contributed by atoms with Crippen molar-refractivity contribution in [3.8, 4) is 5.75 Å². The van der Waals surface area contributed by atoms with Gasteiger partial charge in [0.15, 0.2) is 0 Å². The lowest BCUT2D eigenvalue weighted by Gasteiger charge is -2.09. The van der Waals surface area contributed by atoms with Gasteiger partial charge in [-0.15, -0.1) is 13.2 Å². The predicted octanol–water partition coefficient (Wildman–Crippen LogP) is 3.52. The average Bonchev–Trinajstić information content (AvgIpc) is 2.45. The SMILES string of the molecule is O=C(NCc1ccccc1)c1ccc(OC(F)(F)F)cc1. The highest BCUT2D eigenvalue weighted by molar-refractivity contribution is 5.94. The largest absolute Gasteiger partial charge is 0.573 e. The van der Waals surface area contributed by atoms with Gasteiger partial charge in [0.25, 0.3) is 5.91 Å². The molecule has 0 aromatic heterocycles. The lowest BCUT2D eigenvalue weighted by Crippen LogP contribution is -2.22. The van der Waals surface area contributed by atoms with Gasteiger partial charge in [-0.05, 0) is 29.8 Å². The van der Waals surface area contributed by atoms with Crippen LogP contribution in [0, 0.1) is 0 Å². The van der Waals surface area contributed by atoms with Gasteiger partial charge in [-0.25, -0.2) is 0 Å². The molecule has 0 heterocycles. The molecule has 2 rings (SSSR count). The Balaban J connectivity index is 1.94. The minimum atomic E-state index is -4.74. The number of halogens is 3. The molecule has 0 fully saturated rings. The van der Waals surface area contributed by atoms with Crippen LogP contribution < -0.4 is 10.1 Å². The number of amides is 1. The van der Waals surface area contributed by atoms with Crippen LogP contribution in [0.1, 0.15) is 15.9 Å². The van der Waals surface area contributed by atoms with E-state index >= 15 is 0 Å². The molecule has 0 radical (unpaired) electrons. The zero-order valence-corrected chi connectivity index (χ0v) is 10.9. The Kier molecular flexibility index (Phi) is 4.47. The maximum absolute atomic E-state index is 12.0. The molecule has 110 valence electrons. The van der Waals surface area contributed by atoms with Gasteiger partial charge in [-0.3, -0.25) is 4.79 Å². The number of alkyl halides is 3. The summed E-state index contributed by atoms with van der Waals surface area (Å²) in [5.74, 6) is -0.723. The van der Waals surface area contributed by atoms with E-state index in [1.807, 2.05) is 30.3 Å². The molecule has 0 aliphatic rings. The monoisotopic (exact) mass is 295 g/mol. The molecule has 0 saturated heterocycles. The van der Waals surface area contributed by atoms with Crippen LogP contribution in [0.25, 0.3) is 0 Å². The van der Waals surface area contributed by atoms with E-state index in [4.69, 9.17) is 0 Å². The number of ether oxygens (including phenoxy) is 1. The van der Waals surface area contributed by atoms with Crippen molar-refractivity contribution in [2.45, 2.75) is 12.9 Å². The smallest absolute Gasteiger partial charge is 0.406 e. The standard InChI is InChI=1S/C15H12F3NO2/c16-15(17,18)21-13-8-6-12(7-9-13)14(20)19-10-11-4-2-1-3-5-11/h1-9H,10H2,(H,19,20). The van der Waals surface area contributed by atoms with Crippen molar-refractivity contribution in [3.63, 3.8) is 0 Å². The van der Waals surface area contributed by atoms with Gasteiger partial charge in [-0.2, -0.15) is 0 Å². The van der Waals surface area contributed by atoms with E-state index in [-0.39, 0.29) is 17.2 Å². The molecule has 2 aromatic carbocycles. The van der Waals surface area contributed by atoms with E-state index in [2.05, 4.69) is 10.1 Å². The molecule has 21 heavy (non-hydrogen) atoms. The number of rotatable bonds is 4. The van der Waals surface area contributed by atoms with E-state index < -0.39 is 6.36 Å². The third-order valence-corrected chi connectivity index (χ3v) is 2.65. The molecule has 0 unspecified atom stereocenters. The predicted molar refractivity (Wildman–Crippen MR) is 70.7 cm³/mol. The summed E-state index contributed by atoms with van der Waals surface area (Å²) < 4.78 is 39.8.